The number of carbonyl (C=O) groups is 2. The average Bonchev–Trinajstić information content (AvgIpc) is 3.17. The van der Waals surface area contributed by atoms with Gasteiger partial charge in [-0.1, -0.05) is 6.07 Å². The van der Waals surface area contributed by atoms with Gasteiger partial charge in [-0.2, -0.15) is 0 Å². The van der Waals surface area contributed by atoms with E-state index in [1.807, 2.05) is 4.57 Å². The molecule has 0 saturated carbocycles. The van der Waals surface area contributed by atoms with Crippen molar-refractivity contribution in [1.82, 2.24) is 14.9 Å². The Bertz CT molecular complexity index is 748. The van der Waals surface area contributed by atoms with Crippen LogP contribution >= 0.6 is 0 Å². The maximum Gasteiger partial charge on any atom is 0.338 e. The summed E-state index contributed by atoms with van der Waals surface area (Å²) in [5.74, 6) is -2.47. The van der Waals surface area contributed by atoms with Crippen LogP contribution in [0, 0.1) is 5.82 Å². The minimum atomic E-state index is -1.34. The molecule has 24 heavy (non-hydrogen) atoms. The normalized spacial score (nSPS) is 20.0. The van der Waals surface area contributed by atoms with Gasteiger partial charge in [-0.3, -0.25) is 4.79 Å². The molecule has 1 aromatic carbocycles. The summed E-state index contributed by atoms with van der Waals surface area (Å²) in [5.41, 5.74) is -0.00313. The van der Waals surface area contributed by atoms with Crippen molar-refractivity contribution >= 4 is 11.9 Å². The van der Waals surface area contributed by atoms with Crippen LogP contribution in [0.25, 0.3) is 0 Å². The third-order valence-electron chi connectivity index (χ3n) is 3.93. The van der Waals surface area contributed by atoms with Crippen molar-refractivity contribution in [2.24, 2.45) is 0 Å². The van der Waals surface area contributed by atoms with Crippen molar-refractivity contribution in [3.63, 3.8) is 0 Å². The molecule has 0 bridgehead atoms. The highest BCUT2D eigenvalue weighted by Crippen LogP contribution is 2.19. The van der Waals surface area contributed by atoms with Crippen molar-refractivity contribution in [3.05, 3.63) is 53.9 Å². The first kappa shape index (κ1) is 16.1. The Balaban J connectivity index is 1.63. The van der Waals surface area contributed by atoms with E-state index in [2.05, 4.69) is 10.3 Å². The van der Waals surface area contributed by atoms with E-state index in [0.29, 0.717) is 18.8 Å². The molecule has 3 rings (SSSR count). The zero-order valence-electron chi connectivity index (χ0n) is 12.7. The van der Waals surface area contributed by atoms with E-state index < -0.39 is 17.3 Å². The second-order valence-corrected chi connectivity index (χ2v) is 5.58. The zero-order chi connectivity index (χ0) is 17.1. The van der Waals surface area contributed by atoms with Gasteiger partial charge in [0.15, 0.2) is 0 Å². The van der Waals surface area contributed by atoms with Crippen LogP contribution in [0.1, 0.15) is 22.0 Å². The van der Waals surface area contributed by atoms with Gasteiger partial charge in [-0.05, 0) is 17.7 Å². The molecular formula is C16H16FN3O4. The number of carbonyl (C=O) groups excluding carboxylic acids is 1. The quantitative estimate of drug-likeness (QED) is 0.852. The monoisotopic (exact) mass is 333 g/mol. The Morgan fingerprint density at radius 2 is 2.25 bits per heavy atom. The number of rotatable bonds is 5. The van der Waals surface area contributed by atoms with Gasteiger partial charge in [-0.15, -0.1) is 0 Å². The van der Waals surface area contributed by atoms with E-state index in [0.717, 1.165) is 12.1 Å². The van der Waals surface area contributed by atoms with E-state index in [1.54, 1.807) is 18.7 Å². The van der Waals surface area contributed by atoms with Gasteiger partial charge in [0.2, 0.25) is 5.91 Å². The number of carboxylic acids is 1. The lowest BCUT2D eigenvalue weighted by atomic mass is 10.1. The summed E-state index contributed by atoms with van der Waals surface area (Å²) in [6.07, 6.45) is 5.09. The molecule has 0 radical (unpaired) electrons. The van der Waals surface area contributed by atoms with Crippen LogP contribution in [0.4, 0.5) is 4.39 Å². The molecule has 7 nitrogen and oxygen atoms in total. The first-order valence-electron chi connectivity index (χ1n) is 7.41. The highest BCUT2D eigenvalue weighted by atomic mass is 19.1. The van der Waals surface area contributed by atoms with Crippen LogP contribution in [0.3, 0.4) is 0 Å². The maximum absolute atomic E-state index is 13.7. The standard InChI is InChI=1S/C16H16FN3O4/c17-12-5-10(1-2-11(12)16(22)23)6-15(21)19-13-7-24-8-14(13)20-4-3-18-9-20/h1-5,9,13-14H,6-8H2,(H,19,21)(H,22,23)/t13-,14+/m1/s1. The molecule has 0 aliphatic carbocycles. The fourth-order valence-corrected chi connectivity index (χ4v) is 2.73. The minimum Gasteiger partial charge on any atom is -0.478 e. The molecule has 1 aliphatic heterocycles. The summed E-state index contributed by atoms with van der Waals surface area (Å²) in [6.45, 7) is 0.865. The van der Waals surface area contributed by atoms with Gasteiger partial charge in [0.1, 0.15) is 5.82 Å². The number of hydrogen-bond acceptors (Lipinski definition) is 4. The van der Waals surface area contributed by atoms with Crippen molar-refractivity contribution in [2.45, 2.75) is 18.5 Å². The largest absolute Gasteiger partial charge is 0.478 e. The number of aromatic nitrogens is 2. The lowest BCUT2D eigenvalue weighted by molar-refractivity contribution is -0.121. The molecule has 2 atom stereocenters. The lowest BCUT2D eigenvalue weighted by Crippen LogP contribution is -2.41. The van der Waals surface area contributed by atoms with Crippen LogP contribution in [-0.2, 0) is 16.0 Å². The smallest absolute Gasteiger partial charge is 0.338 e. The van der Waals surface area contributed by atoms with E-state index in [-0.39, 0.29) is 24.4 Å². The van der Waals surface area contributed by atoms with Gasteiger partial charge in [-0.25, -0.2) is 14.2 Å². The Labute approximate surface area is 137 Å². The Kier molecular flexibility index (Phi) is 4.57. The highest BCUT2D eigenvalue weighted by molar-refractivity contribution is 5.88. The number of ether oxygens (including phenoxy) is 1. The van der Waals surface area contributed by atoms with Gasteiger partial charge in [0.25, 0.3) is 0 Å². The van der Waals surface area contributed by atoms with E-state index >= 15 is 0 Å². The zero-order valence-corrected chi connectivity index (χ0v) is 12.7. The van der Waals surface area contributed by atoms with Gasteiger partial charge < -0.3 is 19.7 Å². The van der Waals surface area contributed by atoms with Gasteiger partial charge in [0.05, 0.1) is 43.6 Å². The SMILES string of the molecule is O=C(Cc1ccc(C(=O)O)c(F)c1)N[C@@H]1COC[C@@H]1n1ccnc1. The number of benzene rings is 1. The molecule has 1 aliphatic rings. The number of amides is 1. The summed E-state index contributed by atoms with van der Waals surface area (Å²) in [6, 6.07) is 3.43. The van der Waals surface area contributed by atoms with Crippen molar-refractivity contribution in [2.75, 3.05) is 13.2 Å². The van der Waals surface area contributed by atoms with Gasteiger partial charge >= 0.3 is 5.97 Å². The molecule has 1 saturated heterocycles. The van der Waals surface area contributed by atoms with Crippen molar-refractivity contribution in [3.8, 4) is 0 Å². The fraction of sp³-hybridized carbons (Fsp3) is 0.312. The molecule has 1 fully saturated rings. The molecule has 2 aromatic rings. The molecule has 126 valence electrons. The number of halogens is 1. The summed E-state index contributed by atoms with van der Waals surface area (Å²) < 4.78 is 21.0. The predicted molar refractivity (Wildman–Crippen MR) is 81.1 cm³/mol. The molecule has 0 unspecified atom stereocenters. The molecule has 8 heteroatoms. The van der Waals surface area contributed by atoms with Crippen LogP contribution in [-0.4, -0.2) is 45.8 Å². The Morgan fingerprint density at radius 3 is 2.92 bits per heavy atom. The lowest BCUT2D eigenvalue weighted by Gasteiger charge is -2.20. The minimum absolute atomic E-state index is 0.0377. The highest BCUT2D eigenvalue weighted by Gasteiger charge is 2.30. The summed E-state index contributed by atoms with van der Waals surface area (Å²) in [7, 11) is 0. The second-order valence-electron chi connectivity index (χ2n) is 5.58. The van der Waals surface area contributed by atoms with E-state index in [4.69, 9.17) is 9.84 Å². The third kappa shape index (κ3) is 3.43. The number of aromatic carboxylic acids is 1. The van der Waals surface area contributed by atoms with Crippen molar-refractivity contribution in [1.29, 1.82) is 0 Å². The van der Waals surface area contributed by atoms with Crippen LogP contribution < -0.4 is 5.32 Å². The molecule has 1 aromatic heterocycles. The number of imidazole rings is 1. The van der Waals surface area contributed by atoms with E-state index in [9.17, 15) is 14.0 Å². The van der Waals surface area contributed by atoms with Crippen molar-refractivity contribution < 1.29 is 23.8 Å². The van der Waals surface area contributed by atoms with Crippen LogP contribution in [0.15, 0.2) is 36.9 Å². The molecular weight excluding hydrogens is 317 g/mol. The summed E-state index contributed by atoms with van der Waals surface area (Å²) in [5, 5.41) is 11.7. The summed E-state index contributed by atoms with van der Waals surface area (Å²) >= 11 is 0. The molecule has 2 heterocycles. The van der Waals surface area contributed by atoms with Crippen LogP contribution in [0.5, 0.6) is 0 Å². The first-order chi connectivity index (χ1) is 11.5. The second kappa shape index (κ2) is 6.79. The number of nitrogens with zero attached hydrogens (tertiary/aromatic N) is 2. The number of nitrogens with one attached hydrogen (secondary N) is 1. The van der Waals surface area contributed by atoms with Gasteiger partial charge in [0, 0.05) is 12.4 Å². The van der Waals surface area contributed by atoms with E-state index in [1.165, 1.54) is 6.07 Å². The number of hydrogen-bond donors (Lipinski definition) is 2. The fourth-order valence-electron chi connectivity index (χ4n) is 2.73. The van der Waals surface area contributed by atoms with Crippen LogP contribution in [0.2, 0.25) is 0 Å². The Hall–Kier alpha value is -2.74. The molecule has 2 N–H and O–H groups in total. The topological polar surface area (TPSA) is 93.5 Å². The first-order valence-corrected chi connectivity index (χ1v) is 7.41. The number of carboxylic acid groups (broad SMARTS) is 1. The Morgan fingerprint density at radius 1 is 1.42 bits per heavy atom. The average molecular weight is 333 g/mol. The third-order valence-corrected chi connectivity index (χ3v) is 3.93. The summed E-state index contributed by atoms with van der Waals surface area (Å²) in [4.78, 5) is 27.0. The maximum atomic E-state index is 13.7. The predicted octanol–water partition coefficient (Wildman–Crippen LogP) is 1.02. The molecule has 1 amide bonds. The molecule has 0 spiro atoms.